The summed E-state index contributed by atoms with van der Waals surface area (Å²) in [5, 5.41) is 11.6. The van der Waals surface area contributed by atoms with Gasteiger partial charge in [0.1, 0.15) is 0 Å². The van der Waals surface area contributed by atoms with Crippen molar-refractivity contribution in [2.45, 2.75) is 49.4 Å². The Morgan fingerprint density at radius 1 is 1.26 bits per heavy atom. The van der Waals surface area contributed by atoms with Gasteiger partial charge in [-0.05, 0) is 37.3 Å². The van der Waals surface area contributed by atoms with Crippen LogP contribution in [-0.4, -0.2) is 47.8 Å². The molecule has 0 aromatic heterocycles. The molecule has 5 fully saturated rings. The number of para-hydroxylation sites is 1. The van der Waals surface area contributed by atoms with Crippen molar-refractivity contribution in [3.63, 3.8) is 0 Å². The van der Waals surface area contributed by atoms with E-state index in [0.717, 1.165) is 13.0 Å². The molecule has 3 heteroatoms. The molecule has 0 radical (unpaired) electrons. The van der Waals surface area contributed by atoms with Crippen molar-refractivity contribution in [2.75, 3.05) is 18.5 Å². The van der Waals surface area contributed by atoms with Gasteiger partial charge in [-0.15, -0.1) is 0 Å². The van der Waals surface area contributed by atoms with Gasteiger partial charge in [-0.25, -0.2) is 0 Å². The molecule has 1 saturated carbocycles. The first-order chi connectivity index (χ1) is 11.2. The molecule has 1 aromatic carbocycles. The minimum absolute atomic E-state index is 0.0280. The summed E-state index contributed by atoms with van der Waals surface area (Å²) >= 11 is 0. The Labute approximate surface area is 137 Å². The molecule has 6 aliphatic rings. The highest BCUT2D eigenvalue weighted by Gasteiger charge is 2.74. The van der Waals surface area contributed by atoms with E-state index in [-0.39, 0.29) is 11.5 Å². The minimum atomic E-state index is -0.196. The van der Waals surface area contributed by atoms with E-state index in [2.05, 4.69) is 54.1 Å². The summed E-state index contributed by atoms with van der Waals surface area (Å²) in [4.78, 5) is 5.25. The Balaban J connectivity index is 1.62. The molecule has 5 aliphatic heterocycles. The van der Waals surface area contributed by atoms with Crippen LogP contribution in [0.25, 0.3) is 0 Å². The van der Waals surface area contributed by atoms with Gasteiger partial charge in [0.25, 0.3) is 0 Å². The summed E-state index contributed by atoms with van der Waals surface area (Å²) in [7, 11) is 2.25. The van der Waals surface area contributed by atoms with Crippen LogP contribution in [0.3, 0.4) is 0 Å². The zero-order chi connectivity index (χ0) is 15.5. The summed E-state index contributed by atoms with van der Waals surface area (Å²) in [6.07, 6.45) is 4.51. The molecule has 4 saturated heterocycles. The first-order valence-electron chi connectivity index (χ1n) is 9.09. The molecule has 120 valence electrons. The Morgan fingerprint density at radius 3 is 2.91 bits per heavy atom. The van der Waals surface area contributed by atoms with E-state index in [1.165, 1.54) is 17.7 Å². The predicted octanol–water partition coefficient (Wildman–Crippen LogP) is 2.16. The number of hydrogen-bond donors (Lipinski definition) is 1. The third kappa shape index (κ3) is 1.17. The van der Waals surface area contributed by atoms with Crippen LogP contribution in [0.1, 0.15) is 25.3 Å². The van der Waals surface area contributed by atoms with Crippen molar-refractivity contribution >= 4 is 5.69 Å². The Hall–Kier alpha value is -1.32. The largest absolute Gasteiger partial charge is 0.392 e. The molecular formula is C20H24N2O. The summed E-state index contributed by atoms with van der Waals surface area (Å²) < 4.78 is 0. The van der Waals surface area contributed by atoms with Crippen LogP contribution in [0.15, 0.2) is 35.9 Å². The maximum atomic E-state index is 11.6. The molecule has 1 aliphatic carbocycles. The Kier molecular flexibility index (Phi) is 2.17. The lowest BCUT2D eigenvalue weighted by molar-refractivity contribution is -0.0345. The van der Waals surface area contributed by atoms with E-state index in [1.54, 1.807) is 5.57 Å². The Morgan fingerprint density at radius 2 is 2.09 bits per heavy atom. The van der Waals surface area contributed by atoms with Gasteiger partial charge >= 0.3 is 0 Å². The fourth-order valence-corrected chi connectivity index (χ4v) is 7.35. The van der Waals surface area contributed by atoms with Gasteiger partial charge in [0, 0.05) is 42.7 Å². The molecule has 1 unspecified atom stereocenters. The predicted molar refractivity (Wildman–Crippen MR) is 90.6 cm³/mol. The summed E-state index contributed by atoms with van der Waals surface area (Å²) in [6, 6.07) is 10.5. The number of piperidine rings is 4. The SMILES string of the molecule is C/C=C1/CN2[C@H]3C[C@@]45c6ccccc6N(C)[C@H]4[C@@H]2C[C@@H]1[C@@H]3[C@@H]5O. The monoisotopic (exact) mass is 308 g/mol. The van der Waals surface area contributed by atoms with Gasteiger partial charge in [-0.1, -0.05) is 29.8 Å². The maximum Gasteiger partial charge on any atom is 0.0707 e. The van der Waals surface area contributed by atoms with Gasteiger partial charge in [-0.2, -0.15) is 0 Å². The average molecular weight is 308 g/mol. The molecule has 0 amide bonds. The van der Waals surface area contributed by atoms with Crippen LogP contribution in [0.2, 0.25) is 0 Å². The molecule has 5 bridgehead atoms. The molecule has 3 nitrogen and oxygen atoms in total. The number of fused-ring (bicyclic) bond motifs is 2. The van der Waals surface area contributed by atoms with Crippen molar-refractivity contribution in [3.8, 4) is 0 Å². The zero-order valence-corrected chi connectivity index (χ0v) is 13.8. The van der Waals surface area contributed by atoms with Crippen LogP contribution in [0, 0.1) is 11.8 Å². The fraction of sp³-hybridized carbons (Fsp3) is 0.600. The smallest absolute Gasteiger partial charge is 0.0707 e. The summed E-state index contributed by atoms with van der Waals surface area (Å²) in [5.41, 5.74) is 4.32. The van der Waals surface area contributed by atoms with E-state index in [9.17, 15) is 5.11 Å². The van der Waals surface area contributed by atoms with Gasteiger partial charge in [-0.3, -0.25) is 4.90 Å². The highest BCUT2D eigenvalue weighted by molar-refractivity contribution is 5.67. The average Bonchev–Trinajstić information content (AvgIpc) is 2.98. The van der Waals surface area contributed by atoms with E-state index >= 15 is 0 Å². The van der Waals surface area contributed by atoms with Crippen molar-refractivity contribution in [1.82, 2.24) is 4.90 Å². The number of rotatable bonds is 0. The first kappa shape index (κ1) is 13.0. The van der Waals surface area contributed by atoms with E-state index in [4.69, 9.17) is 0 Å². The molecule has 8 atom stereocenters. The quantitative estimate of drug-likeness (QED) is 0.744. The molecule has 5 heterocycles. The highest BCUT2D eigenvalue weighted by atomic mass is 16.3. The number of benzene rings is 1. The van der Waals surface area contributed by atoms with Crippen LogP contribution >= 0.6 is 0 Å². The zero-order valence-electron chi connectivity index (χ0n) is 13.8. The first-order valence-corrected chi connectivity index (χ1v) is 9.09. The van der Waals surface area contributed by atoms with E-state index < -0.39 is 0 Å². The molecule has 23 heavy (non-hydrogen) atoms. The molecule has 1 aromatic rings. The number of anilines is 1. The standard InChI is InChI=1S/C20H24N2O/c1-3-11-10-22-15-8-12(11)17-16(22)9-20(19(17)23)13-6-4-5-7-14(13)21(2)18(15)20/h3-7,12,15-19,23H,8-10H2,1-2H3/b11-3-/t12-,15-,16-,17-,18-,19-,20+/m0/s1. The third-order valence-corrected chi connectivity index (χ3v) is 8.00. The van der Waals surface area contributed by atoms with Crippen molar-refractivity contribution in [3.05, 3.63) is 41.5 Å². The number of allylic oxidation sites excluding steroid dienone is 1. The van der Waals surface area contributed by atoms with E-state index in [1.807, 2.05) is 0 Å². The van der Waals surface area contributed by atoms with Crippen LogP contribution < -0.4 is 4.90 Å². The lowest BCUT2D eigenvalue weighted by Crippen LogP contribution is -2.68. The molecular weight excluding hydrogens is 284 g/mol. The lowest BCUT2D eigenvalue weighted by Gasteiger charge is -2.58. The van der Waals surface area contributed by atoms with Gasteiger partial charge < -0.3 is 10.0 Å². The molecule has 1 N–H and O–H groups in total. The highest BCUT2D eigenvalue weighted by Crippen LogP contribution is 2.67. The third-order valence-electron chi connectivity index (χ3n) is 8.00. The topological polar surface area (TPSA) is 26.7 Å². The maximum absolute atomic E-state index is 11.6. The van der Waals surface area contributed by atoms with Gasteiger partial charge in [0.15, 0.2) is 0 Å². The second kappa shape index (κ2) is 3.84. The summed E-state index contributed by atoms with van der Waals surface area (Å²) in [6.45, 7) is 3.31. The normalized spacial score (nSPS) is 53.1. The number of aliphatic hydroxyl groups excluding tert-OH is 1. The number of aliphatic hydroxyl groups is 1. The second-order valence-corrected chi connectivity index (χ2v) is 8.35. The second-order valence-electron chi connectivity index (χ2n) is 8.35. The minimum Gasteiger partial charge on any atom is -0.392 e. The molecule has 1 spiro atoms. The lowest BCUT2D eigenvalue weighted by atomic mass is 9.65. The van der Waals surface area contributed by atoms with Crippen molar-refractivity contribution in [2.24, 2.45) is 11.8 Å². The van der Waals surface area contributed by atoms with Crippen molar-refractivity contribution in [1.29, 1.82) is 0 Å². The van der Waals surface area contributed by atoms with Crippen LogP contribution in [0.5, 0.6) is 0 Å². The van der Waals surface area contributed by atoms with Crippen LogP contribution in [-0.2, 0) is 5.41 Å². The molecule has 7 rings (SSSR count). The number of likely N-dealkylation sites (N-methyl/N-ethyl adjacent to an activating group) is 1. The fourth-order valence-electron chi connectivity index (χ4n) is 7.35. The van der Waals surface area contributed by atoms with Gasteiger partial charge in [0.05, 0.1) is 12.1 Å². The van der Waals surface area contributed by atoms with Crippen molar-refractivity contribution < 1.29 is 5.11 Å². The summed E-state index contributed by atoms with van der Waals surface area (Å²) in [5.74, 6) is 1.05. The number of hydrogen-bond acceptors (Lipinski definition) is 3. The van der Waals surface area contributed by atoms with E-state index in [0.29, 0.717) is 30.0 Å². The Bertz CT molecular complexity index is 743. The van der Waals surface area contributed by atoms with Crippen LogP contribution in [0.4, 0.5) is 5.69 Å². The number of nitrogens with zero attached hydrogens (tertiary/aromatic N) is 2. The van der Waals surface area contributed by atoms with Gasteiger partial charge in [0.2, 0.25) is 0 Å².